The van der Waals surface area contributed by atoms with Crippen molar-refractivity contribution in [2.24, 2.45) is 5.92 Å². The highest BCUT2D eigenvalue weighted by Gasteiger charge is 2.19. The van der Waals surface area contributed by atoms with Gasteiger partial charge < -0.3 is 19.5 Å². The molecule has 0 amide bonds. The van der Waals surface area contributed by atoms with E-state index < -0.39 is 18.5 Å². The number of hydrogen-bond acceptors (Lipinski definition) is 4. The quantitative estimate of drug-likeness (QED) is 0.759. The fourth-order valence-electron chi connectivity index (χ4n) is 2.08. The zero-order valence-electron chi connectivity index (χ0n) is 12.9. The van der Waals surface area contributed by atoms with Gasteiger partial charge in [-0.05, 0) is 20.0 Å². The Bertz CT molecular complexity index is 496. The summed E-state index contributed by atoms with van der Waals surface area (Å²) in [7, 11) is 1.72. The van der Waals surface area contributed by atoms with Gasteiger partial charge in [-0.1, -0.05) is 19.1 Å². The van der Waals surface area contributed by atoms with Gasteiger partial charge in [-0.2, -0.15) is 8.78 Å². The molecule has 124 valence electrons. The minimum absolute atomic E-state index is 0.00539. The van der Waals surface area contributed by atoms with Crippen LogP contribution in [0.15, 0.2) is 18.2 Å². The molecule has 0 saturated carbocycles. The van der Waals surface area contributed by atoms with E-state index in [1.807, 2.05) is 0 Å². The lowest BCUT2D eigenvalue weighted by atomic mass is 10.1. The molecule has 1 atom stereocenters. The summed E-state index contributed by atoms with van der Waals surface area (Å²) in [5.41, 5.74) is 0.520. The van der Waals surface area contributed by atoms with E-state index in [1.54, 1.807) is 44.0 Å². The third-order valence-electron chi connectivity index (χ3n) is 3.01. The number of para-hydroxylation sites is 1. The van der Waals surface area contributed by atoms with Crippen molar-refractivity contribution in [2.75, 3.05) is 20.2 Å². The van der Waals surface area contributed by atoms with Crippen LogP contribution < -0.4 is 9.47 Å². The topological polar surface area (TPSA) is 59.0 Å². The maximum atomic E-state index is 12.6. The zero-order valence-corrected chi connectivity index (χ0v) is 12.9. The summed E-state index contributed by atoms with van der Waals surface area (Å²) in [6.45, 7) is 1.28. The third kappa shape index (κ3) is 5.48. The van der Waals surface area contributed by atoms with Crippen LogP contribution in [0, 0.1) is 5.92 Å². The molecule has 1 N–H and O–H groups in total. The van der Waals surface area contributed by atoms with E-state index in [-0.39, 0.29) is 18.0 Å². The Balaban J connectivity index is 2.92. The number of alkyl halides is 2. The van der Waals surface area contributed by atoms with Gasteiger partial charge in [-0.15, -0.1) is 0 Å². The summed E-state index contributed by atoms with van der Waals surface area (Å²) in [6.07, 6.45) is 0. The van der Waals surface area contributed by atoms with Crippen molar-refractivity contribution < 1.29 is 28.2 Å². The first-order valence-corrected chi connectivity index (χ1v) is 6.96. The molecule has 1 rings (SSSR count). The number of ether oxygens (including phenoxy) is 2. The lowest BCUT2D eigenvalue weighted by molar-refractivity contribution is -0.141. The first-order valence-electron chi connectivity index (χ1n) is 6.96. The molecular formula is C15H21F2NO4. The highest BCUT2D eigenvalue weighted by atomic mass is 19.3. The van der Waals surface area contributed by atoms with Crippen molar-refractivity contribution >= 4 is 5.97 Å². The highest BCUT2D eigenvalue weighted by Crippen LogP contribution is 2.33. The summed E-state index contributed by atoms with van der Waals surface area (Å²) in [5.74, 6) is -1.22. The Morgan fingerprint density at radius 2 is 2.09 bits per heavy atom. The number of halogens is 2. The Labute approximate surface area is 128 Å². The molecule has 0 bridgehead atoms. The summed E-state index contributed by atoms with van der Waals surface area (Å²) >= 11 is 0. The minimum Gasteiger partial charge on any atom is -0.490 e. The molecule has 22 heavy (non-hydrogen) atoms. The fraction of sp³-hybridized carbons (Fsp3) is 0.533. The van der Waals surface area contributed by atoms with Crippen molar-refractivity contribution in [2.45, 2.75) is 27.0 Å². The second-order valence-corrected chi connectivity index (χ2v) is 4.99. The van der Waals surface area contributed by atoms with E-state index in [9.17, 15) is 13.6 Å². The van der Waals surface area contributed by atoms with E-state index in [1.165, 1.54) is 0 Å². The van der Waals surface area contributed by atoms with Gasteiger partial charge in [0.2, 0.25) is 0 Å². The zero-order chi connectivity index (χ0) is 16.7. The van der Waals surface area contributed by atoms with E-state index in [0.29, 0.717) is 18.7 Å². The molecule has 1 aromatic rings. The average molecular weight is 317 g/mol. The SMILES string of the molecule is CCOc1cccc(CN(C)CC(C)C(=O)O)c1OC(F)F. The van der Waals surface area contributed by atoms with Crippen LogP contribution in [0.2, 0.25) is 0 Å². The molecule has 0 heterocycles. The molecule has 1 aromatic carbocycles. The number of nitrogens with zero attached hydrogens (tertiary/aromatic N) is 1. The second kappa shape index (κ2) is 8.53. The van der Waals surface area contributed by atoms with Crippen LogP contribution in [0.25, 0.3) is 0 Å². The minimum atomic E-state index is -2.95. The summed E-state index contributed by atoms with van der Waals surface area (Å²) in [6, 6.07) is 4.90. The standard InChI is InChI=1S/C15H21F2NO4/c1-4-21-12-7-5-6-11(13(12)22-15(16)17)9-18(3)8-10(2)14(19)20/h5-7,10,15H,4,8-9H2,1-3H3,(H,19,20). The van der Waals surface area contributed by atoms with E-state index >= 15 is 0 Å². The molecular weight excluding hydrogens is 296 g/mol. The number of carboxylic acid groups (broad SMARTS) is 1. The number of hydrogen-bond donors (Lipinski definition) is 1. The molecule has 0 aliphatic rings. The Morgan fingerprint density at radius 3 is 2.64 bits per heavy atom. The van der Waals surface area contributed by atoms with Gasteiger partial charge in [-0.25, -0.2) is 0 Å². The van der Waals surface area contributed by atoms with Crippen LogP contribution in [0.4, 0.5) is 8.78 Å². The van der Waals surface area contributed by atoms with Gasteiger partial charge in [0.15, 0.2) is 11.5 Å². The summed E-state index contributed by atoms with van der Waals surface area (Å²) in [4.78, 5) is 12.6. The van der Waals surface area contributed by atoms with Crippen LogP contribution in [-0.2, 0) is 11.3 Å². The molecule has 0 aliphatic heterocycles. The molecule has 0 saturated heterocycles. The van der Waals surface area contributed by atoms with Crippen LogP contribution in [0.3, 0.4) is 0 Å². The number of carboxylic acids is 1. The van der Waals surface area contributed by atoms with Gasteiger partial charge in [0, 0.05) is 18.7 Å². The Kier molecular flexibility index (Phi) is 7.04. The second-order valence-electron chi connectivity index (χ2n) is 4.99. The van der Waals surface area contributed by atoms with Crippen LogP contribution in [0.1, 0.15) is 19.4 Å². The van der Waals surface area contributed by atoms with Crippen molar-refractivity contribution in [3.8, 4) is 11.5 Å². The number of aliphatic carboxylic acids is 1. The van der Waals surface area contributed by atoms with Gasteiger partial charge in [-0.3, -0.25) is 4.79 Å². The van der Waals surface area contributed by atoms with Gasteiger partial charge >= 0.3 is 12.6 Å². The molecule has 1 unspecified atom stereocenters. The van der Waals surface area contributed by atoms with Crippen LogP contribution >= 0.6 is 0 Å². The normalized spacial score (nSPS) is 12.5. The summed E-state index contributed by atoms with van der Waals surface area (Å²) in [5, 5.41) is 8.91. The Hall–Kier alpha value is -1.89. The number of rotatable bonds is 9. The van der Waals surface area contributed by atoms with E-state index in [0.717, 1.165) is 0 Å². The van der Waals surface area contributed by atoms with E-state index in [4.69, 9.17) is 9.84 Å². The van der Waals surface area contributed by atoms with E-state index in [2.05, 4.69) is 4.74 Å². The first kappa shape index (κ1) is 18.2. The lowest BCUT2D eigenvalue weighted by Crippen LogP contribution is -2.28. The van der Waals surface area contributed by atoms with Crippen LogP contribution in [-0.4, -0.2) is 42.8 Å². The maximum Gasteiger partial charge on any atom is 0.387 e. The highest BCUT2D eigenvalue weighted by molar-refractivity contribution is 5.69. The average Bonchev–Trinajstić information content (AvgIpc) is 2.41. The predicted octanol–water partition coefficient (Wildman–Crippen LogP) is 2.84. The molecule has 7 heteroatoms. The Morgan fingerprint density at radius 1 is 1.41 bits per heavy atom. The third-order valence-corrected chi connectivity index (χ3v) is 3.01. The van der Waals surface area contributed by atoms with Gasteiger partial charge in [0.25, 0.3) is 0 Å². The summed E-state index contributed by atoms with van der Waals surface area (Å²) < 4.78 is 35.1. The van der Waals surface area contributed by atoms with Crippen molar-refractivity contribution in [1.82, 2.24) is 4.90 Å². The molecule has 5 nitrogen and oxygen atoms in total. The van der Waals surface area contributed by atoms with Crippen LogP contribution in [0.5, 0.6) is 11.5 Å². The number of benzene rings is 1. The molecule has 0 aliphatic carbocycles. The first-order chi connectivity index (χ1) is 10.3. The maximum absolute atomic E-state index is 12.6. The molecule has 0 fully saturated rings. The fourth-order valence-corrected chi connectivity index (χ4v) is 2.08. The van der Waals surface area contributed by atoms with Gasteiger partial charge in [0.05, 0.1) is 12.5 Å². The molecule has 0 aromatic heterocycles. The van der Waals surface area contributed by atoms with Crippen molar-refractivity contribution in [3.63, 3.8) is 0 Å². The van der Waals surface area contributed by atoms with Gasteiger partial charge in [0.1, 0.15) is 0 Å². The largest absolute Gasteiger partial charge is 0.490 e. The number of carbonyl (C=O) groups is 1. The molecule has 0 radical (unpaired) electrons. The van der Waals surface area contributed by atoms with Crippen molar-refractivity contribution in [3.05, 3.63) is 23.8 Å². The predicted molar refractivity (Wildman–Crippen MR) is 77.4 cm³/mol. The smallest absolute Gasteiger partial charge is 0.387 e. The van der Waals surface area contributed by atoms with Crippen molar-refractivity contribution in [1.29, 1.82) is 0 Å². The monoisotopic (exact) mass is 317 g/mol. The molecule has 0 spiro atoms. The lowest BCUT2D eigenvalue weighted by Gasteiger charge is -2.21.